The highest BCUT2D eigenvalue weighted by Gasteiger charge is 2.17. The van der Waals surface area contributed by atoms with Crippen molar-refractivity contribution >= 4 is 5.91 Å². The van der Waals surface area contributed by atoms with Gasteiger partial charge in [-0.1, -0.05) is 12.1 Å². The van der Waals surface area contributed by atoms with Crippen LogP contribution in [0.3, 0.4) is 0 Å². The first kappa shape index (κ1) is 20.3. The van der Waals surface area contributed by atoms with Crippen LogP contribution in [0.5, 0.6) is 11.5 Å². The molecule has 0 saturated heterocycles. The molecule has 0 aliphatic carbocycles. The fourth-order valence-corrected chi connectivity index (χ4v) is 2.85. The van der Waals surface area contributed by atoms with Crippen LogP contribution in [0.25, 0.3) is 0 Å². The summed E-state index contributed by atoms with van der Waals surface area (Å²) in [4.78, 5) is 14.7. The Morgan fingerprint density at radius 2 is 1.63 bits per heavy atom. The minimum absolute atomic E-state index is 0.0907. The van der Waals surface area contributed by atoms with Gasteiger partial charge in [-0.05, 0) is 55.7 Å². The highest BCUT2D eigenvalue weighted by molar-refractivity contribution is 5.76. The number of rotatable bonds is 8. The third-order valence-corrected chi connectivity index (χ3v) is 4.42. The highest BCUT2D eigenvalue weighted by Crippen LogP contribution is 2.23. The lowest BCUT2D eigenvalue weighted by Crippen LogP contribution is -2.36. The van der Waals surface area contributed by atoms with Crippen LogP contribution >= 0.6 is 0 Å². The number of methoxy groups -OCH3 is 2. The summed E-state index contributed by atoms with van der Waals surface area (Å²) in [6, 6.07) is 15.2. The Balaban J connectivity index is 2.05. The lowest BCUT2D eigenvalue weighted by Gasteiger charge is -2.27. The van der Waals surface area contributed by atoms with Gasteiger partial charge < -0.3 is 14.4 Å². The van der Waals surface area contributed by atoms with Gasteiger partial charge in [-0.2, -0.15) is 5.26 Å². The van der Waals surface area contributed by atoms with Crippen LogP contribution < -0.4 is 9.47 Å². The number of benzene rings is 2. The second-order valence-corrected chi connectivity index (χ2v) is 6.65. The molecule has 2 rings (SSSR count). The minimum Gasteiger partial charge on any atom is -0.497 e. The van der Waals surface area contributed by atoms with Crippen molar-refractivity contribution in [3.8, 4) is 17.6 Å². The zero-order valence-corrected chi connectivity index (χ0v) is 16.4. The van der Waals surface area contributed by atoms with Crippen LogP contribution in [-0.2, 0) is 17.8 Å². The Kier molecular flexibility index (Phi) is 7.25. The van der Waals surface area contributed by atoms with Crippen molar-refractivity contribution in [2.24, 2.45) is 0 Å². The summed E-state index contributed by atoms with van der Waals surface area (Å²) in [5.41, 5.74) is 2.63. The minimum atomic E-state index is 0.0907. The van der Waals surface area contributed by atoms with E-state index in [0.29, 0.717) is 24.9 Å². The van der Waals surface area contributed by atoms with Gasteiger partial charge >= 0.3 is 0 Å². The molecule has 0 bridgehead atoms. The fourth-order valence-electron chi connectivity index (χ4n) is 2.85. The number of carbonyl (C=O) groups is 1. The molecule has 27 heavy (non-hydrogen) atoms. The summed E-state index contributed by atoms with van der Waals surface area (Å²) >= 11 is 0. The molecule has 0 aromatic heterocycles. The molecule has 0 atom stereocenters. The topological polar surface area (TPSA) is 62.6 Å². The Bertz CT molecular complexity index is 785. The van der Waals surface area contributed by atoms with E-state index in [1.54, 1.807) is 26.4 Å². The molecule has 5 heteroatoms. The molecule has 142 valence electrons. The van der Waals surface area contributed by atoms with Crippen LogP contribution in [0, 0.1) is 11.3 Å². The quantitative estimate of drug-likeness (QED) is 0.710. The molecule has 0 aliphatic rings. The molecular formula is C22H26N2O3. The second-order valence-electron chi connectivity index (χ2n) is 6.65. The molecule has 5 nitrogen and oxygen atoms in total. The van der Waals surface area contributed by atoms with Gasteiger partial charge in [0, 0.05) is 25.1 Å². The number of hydrogen-bond acceptors (Lipinski definition) is 4. The molecule has 0 N–H and O–H groups in total. The van der Waals surface area contributed by atoms with Crippen LogP contribution in [-0.4, -0.2) is 31.1 Å². The van der Waals surface area contributed by atoms with Gasteiger partial charge in [0.1, 0.15) is 11.5 Å². The number of nitriles is 1. The van der Waals surface area contributed by atoms with Crippen LogP contribution in [0.2, 0.25) is 0 Å². The third kappa shape index (κ3) is 5.75. The fraction of sp³-hybridized carbons (Fsp3) is 0.364. The standard InChI is InChI=1S/C22H26N2O3/c1-16(2)24(15-18-7-5-17(14-23)6-8-18)22(25)10-9-19-11-20(26-3)13-21(12-19)27-4/h5-8,11-13,16H,9-10,15H2,1-4H3. The Morgan fingerprint density at radius 1 is 1.04 bits per heavy atom. The number of ether oxygens (including phenoxy) is 2. The van der Waals surface area contributed by atoms with Gasteiger partial charge in [-0.3, -0.25) is 4.79 Å². The van der Waals surface area contributed by atoms with E-state index in [1.807, 2.05) is 49.1 Å². The lowest BCUT2D eigenvalue weighted by atomic mass is 10.1. The van der Waals surface area contributed by atoms with Gasteiger partial charge in [0.25, 0.3) is 0 Å². The summed E-state index contributed by atoms with van der Waals surface area (Å²) in [5.74, 6) is 1.53. The second kappa shape index (κ2) is 9.63. The van der Waals surface area contributed by atoms with Crippen molar-refractivity contribution in [2.75, 3.05) is 14.2 Å². The Labute approximate surface area is 161 Å². The average Bonchev–Trinajstić information content (AvgIpc) is 2.70. The maximum atomic E-state index is 12.8. The average molecular weight is 366 g/mol. The summed E-state index contributed by atoms with van der Waals surface area (Å²) in [7, 11) is 3.23. The van der Waals surface area contributed by atoms with Gasteiger partial charge in [-0.25, -0.2) is 0 Å². The third-order valence-electron chi connectivity index (χ3n) is 4.42. The molecule has 0 spiro atoms. The van der Waals surface area contributed by atoms with E-state index in [9.17, 15) is 4.79 Å². The summed E-state index contributed by atoms with van der Waals surface area (Å²) in [6.45, 7) is 4.55. The SMILES string of the molecule is COc1cc(CCC(=O)N(Cc2ccc(C#N)cc2)C(C)C)cc(OC)c1. The zero-order chi connectivity index (χ0) is 19.8. The van der Waals surface area contributed by atoms with Crippen molar-refractivity contribution in [2.45, 2.75) is 39.3 Å². The molecule has 0 saturated carbocycles. The molecule has 0 aliphatic heterocycles. The first-order valence-electron chi connectivity index (χ1n) is 8.97. The van der Waals surface area contributed by atoms with E-state index in [4.69, 9.17) is 14.7 Å². The predicted octanol–water partition coefficient (Wildman–Crippen LogP) is 3.95. The zero-order valence-electron chi connectivity index (χ0n) is 16.4. The van der Waals surface area contributed by atoms with E-state index in [0.717, 1.165) is 22.6 Å². The predicted molar refractivity (Wildman–Crippen MR) is 105 cm³/mol. The summed E-state index contributed by atoms with van der Waals surface area (Å²) in [5, 5.41) is 8.91. The Hall–Kier alpha value is -3.00. The molecule has 1 amide bonds. The molecule has 2 aromatic rings. The molecule has 0 heterocycles. The maximum Gasteiger partial charge on any atom is 0.223 e. The van der Waals surface area contributed by atoms with Gasteiger partial charge in [0.05, 0.1) is 25.9 Å². The van der Waals surface area contributed by atoms with Crippen molar-refractivity contribution in [3.63, 3.8) is 0 Å². The Morgan fingerprint density at radius 3 is 2.11 bits per heavy atom. The number of hydrogen-bond donors (Lipinski definition) is 0. The van der Waals surface area contributed by atoms with E-state index in [-0.39, 0.29) is 11.9 Å². The smallest absolute Gasteiger partial charge is 0.223 e. The number of amides is 1. The molecular weight excluding hydrogens is 340 g/mol. The first-order valence-corrected chi connectivity index (χ1v) is 8.97. The van der Waals surface area contributed by atoms with Gasteiger partial charge in [0.15, 0.2) is 0 Å². The molecule has 2 aromatic carbocycles. The number of aryl methyl sites for hydroxylation is 1. The van der Waals surface area contributed by atoms with Gasteiger partial charge in [-0.15, -0.1) is 0 Å². The van der Waals surface area contributed by atoms with Crippen molar-refractivity contribution < 1.29 is 14.3 Å². The summed E-state index contributed by atoms with van der Waals surface area (Å²) in [6.07, 6.45) is 1.02. The molecule has 0 unspecified atom stereocenters. The number of carbonyl (C=O) groups excluding carboxylic acids is 1. The largest absolute Gasteiger partial charge is 0.497 e. The van der Waals surface area contributed by atoms with E-state index in [1.165, 1.54) is 0 Å². The van der Waals surface area contributed by atoms with Crippen LogP contribution in [0.4, 0.5) is 0 Å². The van der Waals surface area contributed by atoms with Crippen LogP contribution in [0.15, 0.2) is 42.5 Å². The maximum absolute atomic E-state index is 12.8. The lowest BCUT2D eigenvalue weighted by molar-refractivity contribution is -0.133. The van der Waals surface area contributed by atoms with Gasteiger partial charge in [0.2, 0.25) is 5.91 Å². The van der Waals surface area contributed by atoms with Crippen molar-refractivity contribution in [1.29, 1.82) is 5.26 Å². The van der Waals surface area contributed by atoms with Crippen molar-refractivity contribution in [3.05, 3.63) is 59.2 Å². The monoisotopic (exact) mass is 366 g/mol. The first-order chi connectivity index (χ1) is 13.0. The highest BCUT2D eigenvalue weighted by atomic mass is 16.5. The number of nitrogens with zero attached hydrogens (tertiary/aromatic N) is 2. The molecule has 0 fully saturated rings. The van der Waals surface area contributed by atoms with Crippen LogP contribution in [0.1, 0.15) is 37.0 Å². The van der Waals surface area contributed by atoms with Crippen molar-refractivity contribution in [1.82, 2.24) is 4.90 Å². The summed E-state index contributed by atoms with van der Waals surface area (Å²) < 4.78 is 10.6. The molecule has 0 radical (unpaired) electrons. The van der Waals surface area contributed by atoms with E-state index in [2.05, 4.69) is 6.07 Å². The van der Waals surface area contributed by atoms with E-state index < -0.39 is 0 Å². The van der Waals surface area contributed by atoms with E-state index >= 15 is 0 Å². The normalized spacial score (nSPS) is 10.4.